The molecule has 1 aromatic carbocycles. The zero-order chi connectivity index (χ0) is 13.8. The Labute approximate surface area is 124 Å². The molecule has 1 aliphatic heterocycles. The quantitative estimate of drug-likeness (QED) is 0.863. The van der Waals surface area contributed by atoms with Crippen LogP contribution in [-0.2, 0) is 6.54 Å². The molecule has 0 amide bonds. The van der Waals surface area contributed by atoms with Crippen LogP contribution in [0.5, 0.6) is 0 Å². The van der Waals surface area contributed by atoms with Crippen molar-refractivity contribution in [2.24, 2.45) is 0 Å². The fourth-order valence-corrected chi connectivity index (χ4v) is 2.60. The van der Waals surface area contributed by atoms with E-state index in [0.717, 1.165) is 12.2 Å². The lowest BCUT2D eigenvalue weighted by molar-refractivity contribution is 0.949. The number of aromatic nitrogens is 1. The van der Waals surface area contributed by atoms with Gasteiger partial charge in [0.2, 0.25) is 0 Å². The Balaban J connectivity index is 1.59. The maximum Gasteiger partial charge on any atom is 0.129 e. The first kappa shape index (κ1) is 13.3. The van der Waals surface area contributed by atoms with Crippen LogP contribution in [0.25, 0.3) is 0 Å². The molecule has 104 valence electrons. The molecule has 3 rings (SSSR count). The van der Waals surface area contributed by atoms with Gasteiger partial charge in [0.25, 0.3) is 0 Å². The number of halogens is 1. The van der Waals surface area contributed by atoms with E-state index in [9.17, 15) is 0 Å². The fraction of sp³-hybridized carbons (Fsp3) is 0.312. The minimum Gasteiger partial charge on any atom is -0.380 e. The van der Waals surface area contributed by atoms with E-state index >= 15 is 0 Å². The van der Waals surface area contributed by atoms with Gasteiger partial charge in [0.1, 0.15) is 5.15 Å². The summed E-state index contributed by atoms with van der Waals surface area (Å²) in [4.78, 5) is 6.50. The van der Waals surface area contributed by atoms with Gasteiger partial charge in [-0.05, 0) is 42.7 Å². The number of hydrogen-bond acceptors (Lipinski definition) is 3. The predicted molar refractivity (Wildman–Crippen MR) is 84.5 cm³/mol. The third-order valence-corrected chi connectivity index (χ3v) is 3.86. The van der Waals surface area contributed by atoms with E-state index in [1.54, 1.807) is 12.3 Å². The van der Waals surface area contributed by atoms with Crippen LogP contribution in [0.3, 0.4) is 0 Å². The second kappa shape index (κ2) is 6.14. The number of hydrogen-bond donors (Lipinski definition) is 1. The van der Waals surface area contributed by atoms with Crippen LogP contribution in [0.4, 0.5) is 11.4 Å². The van der Waals surface area contributed by atoms with E-state index in [4.69, 9.17) is 11.6 Å². The highest BCUT2D eigenvalue weighted by molar-refractivity contribution is 6.29. The average molecular weight is 288 g/mol. The van der Waals surface area contributed by atoms with Crippen molar-refractivity contribution in [2.45, 2.75) is 19.4 Å². The Hall–Kier alpha value is -1.74. The molecule has 0 spiro atoms. The van der Waals surface area contributed by atoms with Crippen LogP contribution >= 0.6 is 11.6 Å². The standard InChI is InChI=1S/C16H18ClN3/c17-16-8-5-14(12-19-16)18-11-13-3-6-15(7-4-13)20-9-1-2-10-20/h3-8,12,18H,1-2,9-11H2. The number of nitrogens with zero attached hydrogens (tertiary/aromatic N) is 2. The molecule has 1 aliphatic rings. The zero-order valence-corrected chi connectivity index (χ0v) is 12.1. The molecule has 0 bridgehead atoms. The third kappa shape index (κ3) is 3.23. The van der Waals surface area contributed by atoms with Gasteiger partial charge in [-0.25, -0.2) is 4.98 Å². The van der Waals surface area contributed by atoms with Gasteiger partial charge < -0.3 is 10.2 Å². The minimum absolute atomic E-state index is 0.519. The molecule has 0 unspecified atom stereocenters. The summed E-state index contributed by atoms with van der Waals surface area (Å²) < 4.78 is 0. The summed E-state index contributed by atoms with van der Waals surface area (Å²) in [5.41, 5.74) is 3.58. The average Bonchev–Trinajstić information content (AvgIpc) is 3.01. The molecule has 3 nitrogen and oxygen atoms in total. The first-order valence-corrected chi connectivity index (χ1v) is 7.38. The Morgan fingerprint density at radius 1 is 1.05 bits per heavy atom. The Bertz CT molecular complexity index is 545. The number of nitrogens with one attached hydrogen (secondary N) is 1. The second-order valence-corrected chi connectivity index (χ2v) is 5.47. The molecule has 1 fully saturated rings. The van der Waals surface area contributed by atoms with Crippen molar-refractivity contribution < 1.29 is 0 Å². The van der Waals surface area contributed by atoms with Gasteiger partial charge in [-0.1, -0.05) is 23.7 Å². The number of rotatable bonds is 4. The van der Waals surface area contributed by atoms with Gasteiger partial charge >= 0.3 is 0 Å². The predicted octanol–water partition coefficient (Wildman–Crippen LogP) is 3.95. The third-order valence-electron chi connectivity index (χ3n) is 3.63. The van der Waals surface area contributed by atoms with Gasteiger partial charge in [0, 0.05) is 25.3 Å². The maximum absolute atomic E-state index is 5.76. The monoisotopic (exact) mass is 287 g/mol. The minimum atomic E-state index is 0.519. The Morgan fingerprint density at radius 3 is 2.45 bits per heavy atom. The highest BCUT2D eigenvalue weighted by Crippen LogP contribution is 2.20. The number of benzene rings is 1. The van der Waals surface area contributed by atoms with E-state index < -0.39 is 0 Å². The molecule has 20 heavy (non-hydrogen) atoms. The highest BCUT2D eigenvalue weighted by Gasteiger charge is 2.11. The molecule has 0 atom stereocenters. The summed E-state index contributed by atoms with van der Waals surface area (Å²) >= 11 is 5.76. The van der Waals surface area contributed by atoms with E-state index in [0.29, 0.717) is 5.15 Å². The summed E-state index contributed by atoms with van der Waals surface area (Å²) in [5.74, 6) is 0. The molecule has 0 saturated carbocycles. The first-order chi connectivity index (χ1) is 9.81. The van der Waals surface area contributed by atoms with Crippen LogP contribution in [0.1, 0.15) is 18.4 Å². The maximum atomic E-state index is 5.76. The van der Waals surface area contributed by atoms with E-state index in [1.807, 2.05) is 6.07 Å². The summed E-state index contributed by atoms with van der Waals surface area (Å²) in [6.45, 7) is 3.17. The number of anilines is 2. The van der Waals surface area contributed by atoms with Crippen molar-refractivity contribution in [2.75, 3.05) is 23.3 Å². The lowest BCUT2D eigenvalue weighted by Crippen LogP contribution is -2.17. The molecule has 4 heteroatoms. The van der Waals surface area contributed by atoms with Gasteiger partial charge in [0.05, 0.1) is 11.9 Å². The molecule has 0 radical (unpaired) electrons. The van der Waals surface area contributed by atoms with Gasteiger partial charge in [-0.3, -0.25) is 0 Å². The largest absolute Gasteiger partial charge is 0.380 e. The normalized spacial score (nSPS) is 14.6. The van der Waals surface area contributed by atoms with Crippen LogP contribution in [0.2, 0.25) is 5.15 Å². The van der Waals surface area contributed by atoms with Crippen LogP contribution < -0.4 is 10.2 Å². The molecule has 2 heterocycles. The topological polar surface area (TPSA) is 28.2 Å². The molecular formula is C16H18ClN3. The lowest BCUT2D eigenvalue weighted by atomic mass is 10.2. The molecule has 1 aromatic heterocycles. The zero-order valence-electron chi connectivity index (χ0n) is 11.3. The summed E-state index contributed by atoms with van der Waals surface area (Å²) in [7, 11) is 0. The lowest BCUT2D eigenvalue weighted by Gasteiger charge is -2.17. The number of pyridine rings is 1. The van der Waals surface area contributed by atoms with Crippen molar-refractivity contribution >= 4 is 23.0 Å². The van der Waals surface area contributed by atoms with E-state index in [-0.39, 0.29) is 0 Å². The molecule has 2 aromatic rings. The van der Waals surface area contributed by atoms with E-state index in [1.165, 1.54) is 37.2 Å². The van der Waals surface area contributed by atoms with E-state index in [2.05, 4.69) is 39.5 Å². The second-order valence-electron chi connectivity index (χ2n) is 5.08. The van der Waals surface area contributed by atoms with Gasteiger partial charge in [-0.2, -0.15) is 0 Å². The van der Waals surface area contributed by atoms with Crippen LogP contribution in [-0.4, -0.2) is 18.1 Å². The fourth-order valence-electron chi connectivity index (χ4n) is 2.48. The smallest absolute Gasteiger partial charge is 0.129 e. The summed E-state index contributed by atoms with van der Waals surface area (Å²) in [6.07, 6.45) is 4.38. The van der Waals surface area contributed by atoms with Crippen molar-refractivity contribution in [3.05, 3.63) is 53.3 Å². The highest BCUT2D eigenvalue weighted by atomic mass is 35.5. The summed E-state index contributed by atoms with van der Waals surface area (Å²) in [6, 6.07) is 12.5. The molecule has 0 aliphatic carbocycles. The molecule has 1 N–H and O–H groups in total. The molecule has 1 saturated heterocycles. The summed E-state index contributed by atoms with van der Waals surface area (Å²) in [5, 5.41) is 3.86. The first-order valence-electron chi connectivity index (χ1n) is 7.00. The van der Waals surface area contributed by atoms with Crippen LogP contribution in [0.15, 0.2) is 42.6 Å². The van der Waals surface area contributed by atoms with Gasteiger partial charge in [0.15, 0.2) is 0 Å². The SMILES string of the molecule is Clc1ccc(NCc2ccc(N3CCCC3)cc2)cn1. The van der Waals surface area contributed by atoms with Crippen molar-refractivity contribution in [1.82, 2.24) is 4.98 Å². The van der Waals surface area contributed by atoms with Gasteiger partial charge in [-0.15, -0.1) is 0 Å². The van der Waals surface area contributed by atoms with Crippen molar-refractivity contribution in [1.29, 1.82) is 0 Å². The Kier molecular flexibility index (Phi) is 4.07. The Morgan fingerprint density at radius 2 is 1.80 bits per heavy atom. The van der Waals surface area contributed by atoms with Crippen LogP contribution in [0, 0.1) is 0 Å². The van der Waals surface area contributed by atoms with Crippen molar-refractivity contribution in [3.63, 3.8) is 0 Å². The van der Waals surface area contributed by atoms with Crippen molar-refractivity contribution in [3.8, 4) is 0 Å². The molecular weight excluding hydrogens is 270 g/mol.